The van der Waals surface area contributed by atoms with E-state index in [9.17, 15) is 9.59 Å². The number of allylic oxidation sites excluding steroid dienone is 12. The van der Waals surface area contributed by atoms with Crippen molar-refractivity contribution in [1.82, 2.24) is 5.01 Å². The maximum absolute atomic E-state index is 13.4. The van der Waals surface area contributed by atoms with E-state index in [2.05, 4.69) is 57.1 Å². The van der Waals surface area contributed by atoms with Gasteiger partial charge in [0.2, 0.25) is 0 Å². The van der Waals surface area contributed by atoms with Crippen molar-refractivity contribution in [2.75, 3.05) is 0 Å². The fourth-order valence-electron chi connectivity index (χ4n) is 5.48. The molecule has 1 aromatic heterocycles. The van der Waals surface area contributed by atoms with Crippen molar-refractivity contribution < 1.29 is 9.59 Å². The third-order valence-corrected chi connectivity index (χ3v) is 8.64. The fourth-order valence-corrected chi connectivity index (χ4v) is 6.46. The summed E-state index contributed by atoms with van der Waals surface area (Å²) in [4.78, 5) is 28.9. The van der Waals surface area contributed by atoms with Gasteiger partial charge in [-0.25, -0.2) is 0 Å². The van der Waals surface area contributed by atoms with Gasteiger partial charge in [-0.05, 0) is 114 Å². The number of imide groups is 1. The van der Waals surface area contributed by atoms with Gasteiger partial charge in [-0.1, -0.05) is 60.9 Å². The van der Waals surface area contributed by atoms with Crippen molar-refractivity contribution in [3.05, 3.63) is 96.9 Å². The highest BCUT2D eigenvalue weighted by molar-refractivity contribution is 7.12. The summed E-state index contributed by atoms with van der Waals surface area (Å²) >= 11 is 1.69. The van der Waals surface area contributed by atoms with Crippen LogP contribution < -0.4 is 0 Å². The molecule has 0 radical (unpaired) electrons. The highest BCUT2D eigenvalue weighted by Gasteiger charge is 2.41. The van der Waals surface area contributed by atoms with E-state index in [0.29, 0.717) is 11.1 Å². The minimum atomic E-state index is -0.378. The third-order valence-electron chi connectivity index (χ3n) is 7.68. The molecule has 1 fully saturated rings. The predicted molar refractivity (Wildman–Crippen MR) is 171 cm³/mol. The Bertz CT molecular complexity index is 1440. The normalized spacial score (nSPS) is 20.4. The molecule has 212 valence electrons. The van der Waals surface area contributed by atoms with Gasteiger partial charge < -0.3 is 0 Å². The van der Waals surface area contributed by atoms with Crippen LogP contribution in [0.4, 0.5) is 0 Å². The maximum Gasteiger partial charge on any atom is 0.282 e. The van der Waals surface area contributed by atoms with Crippen molar-refractivity contribution >= 4 is 34.9 Å². The Kier molecular flexibility index (Phi) is 10.1. The molecule has 1 aliphatic carbocycles. The van der Waals surface area contributed by atoms with Gasteiger partial charge >= 0.3 is 0 Å². The van der Waals surface area contributed by atoms with Crippen LogP contribution in [0.5, 0.6) is 0 Å². The quantitative estimate of drug-likeness (QED) is 0.145. The average molecular weight is 557 g/mol. The summed E-state index contributed by atoms with van der Waals surface area (Å²) in [5.74, 6) is -0.754. The number of hydrogen-bond donors (Lipinski definition) is 0. The van der Waals surface area contributed by atoms with Crippen molar-refractivity contribution in [1.29, 1.82) is 0 Å². The summed E-state index contributed by atoms with van der Waals surface area (Å²) in [5, 5.41) is 5.25. The molecule has 1 aliphatic heterocycles. The second-order valence-electron chi connectivity index (χ2n) is 11.8. The number of amides is 2. The molecule has 5 heteroatoms. The van der Waals surface area contributed by atoms with Crippen LogP contribution in [0.2, 0.25) is 0 Å². The minimum absolute atomic E-state index is 0.231. The lowest BCUT2D eigenvalue weighted by Gasteiger charge is -2.32. The smallest absolute Gasteiger partial charge is 0.267 e. The molecule has 40 heavy (non-hydrogen) atoms. The van der Waals surface area contributed by atoms with Crippen molar-refractivity contribution in [3.8, 4) is 0 Å². The Morgan fingerprint density at radius 3 is 2.20 bits per heavy atom. The predicted octanol–water partition coefficient (Wildman–Crippen LogP) is 9.36. The molecule has 0 saturated carbocycles. The summed E-state index contributed by atoms with van der Waals surface area (Å²) < 4.78 is 0. The van der Waals surface area contributed by atoms with Gasteiger partial charge in [-0.15, -0.1) is 11.3 Å². The first-order valence-electron chi connectivity index (χ1n) is 14.0. The van der Waals surface area contributed by atoms with E-state index < -0.39 is 0 Å². The molecule has 0 atom stereocenters. The molecule has 2 amide bonds. The highest BCUT2D eigenvalue weighted by atomic mass is 32.1. The van der Waals surface area contributed by atoms with E-state index >= 15 is 0 Å². The number of hydrogen-bond acceptors (Lipinski definition) is 4. The largest absolute Gasteiger partial charge is 0.282 e. The monoisotopic (exact) mass is 556 g/mol. The number of aryl methyl sites for hydroxylation is 2. The number of rotatable bonds is 7. The third kappa shape index (κ3) is 7.06. The molecule has 0 spiro atoms. The summed E-state index contributed by atoms with van der Waals surface area (Å²) in [6, 6.07) is 2.08. The topological polar surface area (TPSA) is 49.7 Å². The molecular formula is C35H44N2O2S. The number of nitrogens with zero attached hydrogens (tertiary/aromatic N) is 2. The van der Waals surface area contributed by atoms with Crippen LogP contribution in [0.1, 0.15) is 90.0 Å². The number of carbonyl (C=O) groups is 2. The minimum Gasteiger partial charge on any atom is -0.267 e. The van der Waals surface area contributed by atoms with E-state index in [0.717, 1.165) is 32.2 Å². The Morgan fingerprint density at radius 2 is 1.60 bits per heavy atom. The van der Waals surface area contributed by atoms with Gasteiger partial charge in [0, 0.05) is 16.0 Å². The first kappa shape index (κ1) is 31.2. The molecule has 0 N–H and O–H groups in total. The van der Waals surface area contributed by atoms with Gasteiger partial charge in [-0.3, -0.25) is 9.59 Å². The number of hydrazone groups is 1. The van der Waals surface area contributed by atoms with E-state index in [1.807, 2.05) is 53.7 Å². The van der Waals surface area contributed by atoms with Crippen LogP contribution in [-0.4, -0.2) is 23.0 Å². The Balaban J connectivity index is 1.75. The van der Waals surface area contributed by atoms with Crippen LogP contribution in [-0.2, 0) is 9.59 Å². The molecular weight excluding hydrogens is 512 g/mol. The first-order chi connectivity index (χ1) is 18.7. The summed E-state index contributed by atoms with van der Waals surface area (Å²) in [6.07, 6.45) is 17.6. The molecule has 0 aromatic carbocycles. The molecule has 3 rings (SSSR count). The van der Waals surface area contributed by atoms with Gasteiger partial charge in [0.15, 0.2) is 0 Å². The van der Waals surface area contributed by atoms with Crippen molar-refractivity contribution in [3.63, 3.8) is 0 Å². The zero-order chi connectivity index (χ0) is 29.8. The molecule has 4 nitrogen and oxygen atoms in total. The molecule has 2 aliphatic rings. The molecule has 0 bridgehead atoms. The number of thiophene rings is 1. The first-order valence-corrected chi connectivity index (χ1v) is 14.8. The standard InChI is InChI=1S/C35H44N2O2S/c1-22(2)31-32(27(7)29-21-26(6)40-28(29)8)34(39)37(33(31)38)36-20-18-24(4)14-11-13-23(3)16-17-30-25(5)15-12-19-35(30,9)10/h11,13-14,16-18,20-21H,12,15,19H2,1-10H3/b14-11+,17-16+,23-13+,24-18+,32-27-,36-20+. The lowest BCUT2D eigenvalue weighted by molar-refractivity contribution is -0.136. The Hall–Kier alpha value is -3.31. The van der Waals surface area contributed by atoms with Crippen molar-refractivity contribution in [2.24, 2.45) is 10.5 Å². The van der Waals surface area contributed by atoms with Crippen LogP contribution in [0.25, 0.3) is 5.57 Å². The fraction of sp³-hybridized carbons (Fsp3) is 0.400. The summed E-state index contributed by atoms with van der Waals surface area (Å²) in [5.41, 5.74) is 8.84. The van der Waals surface area contributed by atoms with Crippen LogP contribution >= 0.6 is 11.3 Å². The average Bonchev–Trinajstić information content (AvgIpc) is 3.32. The molecule has 2 heterocycles. The van der Waals surface area contributed by atoms with Crippen LogP contribution in [0, 0.1) is 19.3 Å². The van der Waals surface area contributed by atoms with Crippen molar-refractivity contribution in [2.45, 2.75) is 88.5 Å². The zero-order valence-electron chi connectivity index (χ0n) is 25.9. The molecule has 1 aromatic rings. The second kappa shape index (κ2) is 12.9. The second-order valence-corrected chi connectivity index (χ2v) is 13.3. The molecule has 1 saturated heterocycles. The van der Waals surface area contributed by atoms with Gasteiger partial charge in [0.1, 0.15) is 0 Å². The summed E-state index contributed by atoms with van der Waals surface area (Å²) in [6.45, 7) is 20.7. The highest BCUT2D eigenvalue weighted by Crippen LogP contribution is 2.41. The van der Waals surface area contributed by atoms with E-state index in [1.165, 1.54) is 47.1 Å². The Morgan fingerprint density at radius 1 is 0.950 bits per heavy atom. The van der Waals surface area contributed by atoms with Crippen LogP contribution in [0.15, 0.2) is 86.6 Å². The van der Waals surface area contributed by atoms with Gasteiger partial charge in [0.05, 0.1) is 11.1 Å². The molecule has 0 unspecified atom stereocenters. The van der Waals surface area contributed by atoms with Gasteiger partial charge in [0.25, 0.3) is 11.8 Å². The lowest BCUT2D eigenvalue weighted by atomic mass is 9.72. The van der Waals surface area contributed by atoms with Gasteiger partial charge in [-0.2, -0.15) is 10.1 Å². The maximum atomic E-state index is 13.4. The zero-order valence-corrected chi connectivity index (χ0v) is 26.7. The number of carbonyl (C=O) groups excluding carboxylic acids is 2. The van der Waals surface area contributed by atoms with E-state index in [1.54, 1.807) is 17.4 Å². The summed E-state index contributed by atoms with van der Waals surface area (Å²) in [7, 11) is 0. The Labute approximate surface area is 244 Å². The lowest BCUT2D eigenvalue weighted by Crippen LogP contribution is -2.24. The SMILES string of the molecule is CC(C)=C1C(=O)N(/N=C/C=C(C)/C=C/C=C(C)/C=C/C2=C(C)CCCC2(C)C)C(=O)/C1=C(/C)c1cc(C)sc1C. The van der Waals surface area contributed by atoms with Crippen LogP contribution in [0.3, 0.4) is 0 Å². The van der Waals surface area contributed by atoms with E-state index in [4.69, 9.17) is 0 Å². The van der Waals surface area contributed by atoms with E-state index in [-0.39, 0.29) is 17.2 Å².